The van der Waals surface area contributed by atoms with Crippen LogP contribution in [0.4, 0.5) is 4.79 Å². The number of urea groups is 1. The molecule has 0 bridgehead atoms. The van der Waals surface area contributed by atoms with E-state index >= 15 is 0 Å². The topological polar surface area (TPSA) is 71.0 Å². The Hall–Kier alpha value is -3.15. The molecule has 3 rings (SSSR count). The highest BCUT2D eigenvalue weighted by Gasteiger charge is 2.63. The molecule has 1 aliphatic heterocycles. The molecule has 0 saturated carbocycles. The van der Waals surface area contributed by atoms with Gasteiger partial charge in [0, 0.05) is 6.54 Å². The van der Waals surface area contributed by atoms with E-state index in [0.29, 0.717) is 25.8 Å². The van der Waals surface area contributed by atoms with Crippen molar-refractivity contribution in [3.8, 4) is 0 Å². The standard InChI is InChI=1S/C24H29N3O3/c1-4-20(19-15-11-8-12-16-19)26-30-22-24(5-2,6-3)21(28)27(22)23(29)25-17-18-13-9-7-10-14-18/h7-16,22H,4-6,17H2,1-3H3,(H,25,29)/b26-20+. The zero-order valence-electron chi connectivity index (χ0n) is 17.8. The zero-order chi connectivity index (χ0) is 21.6. The first-order valence-electron chi connectivity index (χ1n) is 10.5. The number of β-lactam (4-membered cyclic amide) rings is 1. The number of oxime groups is 1. The lowest BCUT2D eigenvalue weighted by atomic mass is 9.72. The molecule has 0 radical (unpaired) electrons. The maximum atomic E-state index is 12.9. The van der Waals surface area contributed by atoms with Gasteiger partial charge in [0.25, 0.3) is 0 Å². The number of imide groups is 1. The largest absolute Gasteiger partial charge is 0.368 e. The maximum absolute atomic E-state index is 12.9. The van der Waals surface area contributed by atoms with E-state index in [4.69, 9.17) is 4.84 Å². The molecule has 2 aromatic carbocycles. The third-order valence-electron chi connectivity index (χ3n) is 5.82. The van der Waals surface area contributed by atoms with Crippen LogP contribution in [0.1, 0.15) is 51.2 Å². The Balaban J connectivity index is 1.77. The fourth-order valence-corrected chi connectivity index (χ4v) is 3.81. The number of hydrogen-bond donors (Lipinski definition) is 1. The molecular formula is C24H29N3O3. The normalized spacial score (nSPS) is 18.0. The third-order valence-corrected chi connectivity index (χ3v) is 5.82. The van der Waals surface area contributed by atoms with Crippen molar-refractivity contribution < 1.29 is 14.4 Å². The summed E-state index contributed by atoms with van der Waals surface area (Å²) in [7, 11) is 0. The van der Waals surface area contributed by atoms with Gasteiger partial charge in [0.15, 0.2) is 0 Å². The van der Waals surface area contributed by atoms with Crippen LogP contribution in [-0.2, 0) is 16.2 Å². The zero-order valence-corrected chi connectivity index (χ0v) is 17.8. The first kappa shape index (κ1) is 21.6. The van der Waals surface area contributed by atoms with E-state index in [-0.39, 0.29) is 5.91 Å². The van der Waals surface area contributed by atoms with Crippen molar-refractivity contribution in [3.63, 3.8) is 0 Å². The van der Waals surface area contributed by atoms with Crippen LogP contribution in [0.2, 0.25) is 0 Å². The lowest BCUT2D eigenvalue weighted by Gasteiger charge is -2.51. The molecule has 1 fully saturated rings. The number of rotatable bonds is 8. The molecule has 1 saturated heterocycles. The smallest absolute Gasteiger partial charge is 0.327 e. The van der Waals surface area contributed by atoms with Gasteiger partial charge in [0.2, 0.25) is 12.1 Å². The second-order valence-corrected chi connectivity index (χ2v) is 7.40. The molecule has 1 atom stereocenters. The summed E-state index contributed by atoms with van der Waals surface area (Å²) < 4.78 is 0. The second-order valence-electron chi connectivity index (χ2n) is 7.40. The first-order chi connectivity index (χ1) is 14.6. The molecule has 6 nitrogen and oxygen atoms in total. The Labute approximate surface area is 177 Å². The van der Waals surface area contributed by atoms with Gasteiger partial charge in [-0.1, -0.05) is 86.6 Å². The Morgan fingerprint density at radius 3 is 2.20 bits per heavy atom. The van der Waals surface area contributed by atoms with Crippen molar-refractivity contribution in [2.45, 2.75) is 52.8 Å². The molecule has 1 heterocycles. The molecule has 2 aromatic rings. The molecule has 1 N–H and O–H groups in total. The summed E-state index contributed by atoms with van der Waals surface area (Å²) in [6.45, 7) is 6.23. The molecule has 3 amide bonds. The van der Waals surface area contributed by atoms with Gasteiger partial charge in [-0.15, -0.1) is 0 Å². The second kappa shape index (κ2) is 9.57. The van der Waals surface area contributed by atoms with E-state index in [1.807, 2.05) is 81.4 Å². The number of benzene rings is 2. The van der Waals surface area contributed by atoms with Gasteiger partial charge in [-0.3, -0.25) is 4.79 Å². The average Bonchev–Trinajstić information content (AvgIpc) is 2.79. The van der Waals surface area contributed by atoms with Crippen LogP contribution in [0.5, 0.6) is 0 Å². The van der Waals surface area contributed by atoms with E-state index in [0.717, 1.165) is 21.7 Å². The maximum Gasteiger partial charge on any atom is 0.327 e. The summed E-state index contributed by atoms with van der Waals surface area (Å²) in [6.07, 6.45) is 1.12. The van der Waals surface area contributed by atoms with Crippen molar-refractivity contribution in [3.05, 3.63) is 71.8 Å². The summed E-state index contributed by atoms with van der Waals surface area (Å²) in [5.41, 5.74) is 1.97. The molecule has 0 aliphatic carbocycles. The fraction of sp³-hybridized carbons (Fsp3) is 0.375. The Morgan fingerprint density at radius 2 is 1.63 bits per heavy atom. The minimum atomic E-state index is -0.733. The lowest BCUT2D eigenvalue weighted by molar-refractivity contribution is -0.210. The highest BCUT2D eigenvalue weighted by Crippen LogP contribution is 2.46. The predicted octanol–water partition coefficient (Wildman–Crippen LogP) is 4.70. The van der Waals surface area contributed by atoms with Crippen LogP contribution in [0.25, 0.3) is 0 Å². The van der Waals surface area contributed by atoms with Gasteiger partial charge >= 0.3 is 6.03 Å². The van der Waals surface area contributed by atoms with Crippen molar-refractivity contribution in [1.29, 1.82) is 0 Å². The van der Waals surface area contributed by atoms with Gasteiger partial charge in [-0.2, -0.15) is 0 Å². The summed E-state index contributed by atoms with van der Waals surface area (Å²) in [5, 5.41) is 7.17. The highest BCUT2D eigenvalue weighted by molar-refractivity contribution is 6.03. The molecule has 0 spiro atoms. The minimum Gasteiger partial charge on any atom is -0.368 e. The monoisotopic (exact) mass is 407 g/mol. The Kier molecular flexibility index (Phi) is 6.87. The van der Waals surface area contributed by atoms with Crippen molar-refractivity contribution in [2.75, 3.05) is 0 Å². The van der Waals surface area contributed by atoms with Crippen LogP contribution in [-0.4, -0.2) is 28.8 Å². The summed E-state index contributed by atoms with van der Waals surface area (Å²) in [5.74, 6) is -0.212. The molecule has 30 heavy (non-hydrogen) atoms. The van der Waals surface area contributed by atoms with Crippen LogP contribution in [0.15, 0.2) is 65.8 Å². The summed E-state index contributed by atoms with van der Waals surface area (Å²) in [4.78, 5) is 32.8. The predicted molar refractivity (Wildman–Crippen MR) is 117 cm³/mol. The van der Waals surface area contributed by atoms with Crippen molar-refractivity contribution in [2.24, 2.45) is 10.6 Å². The summed E-state index contributed by atoms with van der Waals surface area (Å²) in [6, 6.07) is 18.9. The number of amides is 3. The number of nitrogens with one attached hydrogen (secondary N) is 1. The lowest BCUT2D eigenvalue weighted by Crippen LogP contribution is -2.72. The number of hydrogen-bond acceptors (Lipinski definition) is 4. The number of carbonyl (C=O) groups excluding carboxylic acids is 2. The summed E-state index contributed by atoms with van der Waals surface area (Å²) >= 11 is 0. The quantitative estimate of drug-likeness (QED) is 0.392. The molecule has 158 valence electrons. The molecule has 1 unspecified atom stereocenters. The van der Waals surface area contributed by atoms with Gasteiger partial charge in [0.1, 0.15) is 5.41 Å². The number of carbonyl (C=O) groups is 2. The molecular weight excluding hydrogens is 378 g/mol. The van der Waals surface area contributed by atoms with Gasteiger partial charge in [0.05, 0.1) is 5.71 Å². The third kappa shape index (κ3) is 4.08. The van der Waals surface area contributed by atoms with E-state index < -0.39 is 17.7 Å². The fourth-order valence-electron chi connectivity index (χ4n) is 3.81. The van der Waals surface area contributed by atoms with Crippen molar-refractivity contribution in [1.82, 2.24) is 10.2 Å². The number of likely N-dealkylation sites (tertiary alicyclic amines) is 1. The Morgan fingerprint density at radius 1 is 1.03 bits per heavy atom. The minimum absolute atomic E-state index is 0.212. The average molecular weight is 408 g/mol. The molecule has 6 heteroatoms. The highest BCUT2D eigenvalue weighted by atomic mass is 16.7. The van der Waals surface area contributed by atoms with Gasteiger partial charge in [-0.25, -0.2) is 9.69 Å². The van der Waals surface area contributed by atoms with Crippen LogP contribution in [0, 0.1) is 5.41 Å². The molecule has 0 aromatic heterocycles. The van der Waals surface area contributed by atoms with Gasteiger partial charge in [-0.05, 0) is 30.4 Å². The number of nitrogens with zero attached hydrogens (tertiary/aromatic N) is 2. The first-order valence-corrected chi connectivity index (χ1v) is 10.5. The van der Waals surface area contributed by atoms with Crippen molar-refractivity contribution >= 4 is 17.6 Å². The van der Waals surface area contributed by atoms with E-state index in [1.54, 1.807) is 0 Å². The van der Waals surface area contributed by atoms with E-state index in [2.05, 4.69) is 10.5 Å². The van der Waals surface area contributed by atoms with E-state index in [9.17, 15) is 9.59 Å². The Bertz CT molecular complexity index is 892. The van der Waals surface area contributed by atoms with Crippen LogP contribution >= 0.6 is 0 Å². The van der Waals surface area contributed by atoms with Crippen LogP contribution in [0.3, 0.4) is 0 Å². The SMILES string of the molecule is CC/C(=N\OC1N(C(=O)NCc2ccccc2)C(=O)C1(CC)CC)c1ccccc1. The van der Waals surface area contributed by atoms with Crippen LogP contribution < -0.4 is 5.32 Å². The molecule has 1 aliphatic rings. The van der Waals surface area contributed by atoms with Gasteiger partial charge < -0.3 is 10.2 Å². The van der Waals surface area contributed by atoms with E-state index in [1.165, 1.54) is 0 Å².